The van der Waals surface area contributed by atoms with Crippen molar-refractivity contribution in [3.63, 3.8) is 0 Å². The van der Waals surface area contributed by atoms with Crippen LogP contribution >= 0.6 is 7.44 Å². The number of phenols is 1. The molecule has 0 amide bonds. The third-order valence-electron chi connectivity index (χ3n) is 8.61. The molecule has 4 aromatic rings. The highest BCUT2D eigenvalue weighted by atomic mass is 31.2. The second-order valence-corrected chi connectivity index (χ2v) is 15.3. The number of nitrogens with one attached hydrogen (secondary N) is 2. The third kappa shape index (κ3) is 11.5. The fourth-order valence-corrected chi connectivity index (χ4v) is 7.98. The first-order chi connectivity index (χ1) is 24.4. The van der Waals surface area contributed by atoms with E-state index in [2.05, 4.69) is 24.0 Å². The molecule has 0 spiro atoms. The van der Waals surface area contributed by atoms with E-state index < -0.39 is 31.5 Å². The minimum atomic E-state index is -3.89. The van der Waals surface area contributed by atoms with Crippen molar-refractivity contribution < 1.29 is 33.5 Å². The second kappa shape index (κ2) is 18.7. The Morgan fingerprint density at radius 3 is 1.67 bits per heavy atom. The molecule has 2 atom stereocenters. The Morgan fingerprint density at radius 1 is 0.725 bits per heavy atom. The van der Waals surface area contributed by atoms with Crippen molar-refractivity contribution in [2.75, 3.05) is 19.6 Å². The van der Waals surface area contributed by atoms with E-state index in [0.29, 0.717) is 17.9 Å². The average Bonchev–Trinajstić information content (AvgIpc) is 3.10. The lowest BCUT2D eigenvalue weighted by molar-refractivity contribution is -0.145. The summed E-state index contributed by atoms with van der Waals surface area (Å²) in [5, 5.41) is 16.4. The van der Waals surface area contributed by atoms with Crippen molar-refractivity contribution >= 4 is 19.4 Å². The highest BCUT2D eigenvalue weighted by molar-refractivity contribution is 7.59. The molecule has 0 radical (unpaired) electrons. The van der Waals surface area contributed by atoms with Gasteiger partial charge in [-0.15, -0.1) is 0 Å². The van der Waals surface area contributed by atoms with Crippen LogP contribution in [0.25, 0.3) is 0 Å². The lowest BCUT2D eigenvalue weighted by atomic mass is 9.93. The minimum Gasteiger partial charge on any atom is -0.508 e. The van der Waals surface area contributed by atoms with Crippen LogP contribution in [-0.4, -0.2) is 48.7 Å². The van der Waals surface area contributed by atoms with Gasteiger partial charge in [-0.25, -0.2) is 10.2 Å². The van der Waals surface area contributed by atoms with Crippen LogP contribution in [0.4, 0.5) is 0 Å². The largest absolute Gasteiger partial charge is 0.508 e. The number of carbonyl (C=O) groups is 2. The number of hydrogen-bond donors (Lipinski definition) is 3. The van der Waals surface area contributed by atoms with E-state index in [4.69, 9.17) is 14.2 Å². The van der Waals surface area contributed by atoms with Gasteiger partial charge in [0.15, 0.2) is 6.35 Å². The zero-order valence-electron chi connectivity index (χ0n) is 30.5. The molecule has 272 valence electrons. The third-order valence-corrected chi connectivity index (χ3v) is 10.6. The Hall–Kier alpha value is -4.43. The Kier molecular flexibility index (Phi) is 14.4. The van der Waals surface area contributed by atoms with Gasteiger partial charge in [-0.2, -0.15) is 0 Å². The van der Waals surface area contributed by atoms with E-state index in [1.54, 1.807) is 19.9 Å². The van der Waals surface area contributed by atoms with Gasteiger partial charge in [0, 0.05) is 0 Å². The van der Waals surface area contributed by atoms with Crippen LogP contribution in [-0.2, 0) is 42.9 Å². The van der Waals surface area contributed by atoms with Crippen LogP contribution in [0.1, 0.15) is 72.6 Å². The van der Waals surface area contributed by atoms with Crippen LogP contribution in [0.15, 0.2) is 91.0 Å². The number of benzene rings is 4. The number of aryl methyl sites for hydroxylation is 2. The molecule has 0 saturated carbocycles. The van der Waals surface area contributed by atoms with Gasteiger partial charge in [-0.3, -0.25) is 14.2 Å². The average molecular weight is 715 g/mol. The molecule has 4 aromatic carbocycles. The first kappa shape index (κ1) is 39.4. The number of phenolic OH excluding ortho intramolecular Hbond substituents is 1. The van der Waals surface area contributed by atoms with E-state index in [9.17, 15) is 14.7 Å². The van der Waals surface area contributed by atoms with E-state index in [-0.39, 0.29) is 38.3 Å². The maximum absolute atomic E-state index is 15.0. The molecule has 51 heavy (non-hydrogen) atoms. The van der Waals surface area contributed by atoms with Crippen molar-refractivity contribution in [3.8, 4) is 11.5 Å². The van der Waals surface area contributed by atoms with Crippen LogP contribution in [0, 0.1) is 13.8 Å². The number of hydrogen-bond acceptors (Lipinski definition) is 7. The molecule has 0 aromatic heterocycles. The van der Waals surface area contributed by atoms with Crippen LogP contribution < -0.4 is 14.9 Å². The topological polar surface area (TPSA) is 123 Å². The first-order valence-electron chi connectivity index (χ1n) is 17.5. The zero-order chi connectivity index (χ0) is 37.0. The monoisotopic (exact) mass is 714 g/mol. The molecule has 0 fully saturated rings. The molecule has 3 N–H and O–H groups in total. The molecule has 0 heterocycles. The molecule has 10 heteroatoms. The Bertz CT molecular complexity index is 1700. The van der Waals surface area contributed by atoms with Gasteiger partial charge in [0.1, 0.15) is 23.6 Å². The van der Waals surface area contributed by atoms with Gasteiger partial charge >= 0.3 is 11.9 Å². The molecule has 9 nitrogen and oxygen atoms in total. The van der Waals surface area contributed by atoms with Gasteiger partial charge in [0.05, 0.1) is 13.2 Å². The summed E-state index contributed by atoms with van der Waals surface area (Å²) in [5.41, 5.74) is 6.78. The summed E-state index contributed by atoms with van der Waals surface area (Å²) in [6.45, 7) is 11.8. The van der Waals surface area contributed by atoms with Gasteiger partial charge < -0.3 is 19.3 Å². The number of aromatic hydroxyl groups is 1. The lowest BCUT2D eigenvalue weighted by Crippen LogP contribution is -2.46. The van der Waals surface area contributed by atoms with Crippen molar-refractivity contribution in [1.82, 2.24) is 10.2 Å². The number of ether oxygens (including phenoxy) is 3. The molecule has 0 aliphatic carbocycles. The summed E-state index contributed by atoms with van der Waals surface area (Å²) >= 11 is 0. The summed E-state index contributed by atoms with van der Waals surface area (Å²) in [5.74, 6) is -0.152. The first-order valence-corrected chi connectivity index (χ1v) is 19.4. The highest BCUT2D eigenvalue weighted by Crippen LogP contribution is 2.40. The van der Waals surface area contributed by atoms with Crippen molar-refractivity contribution in [2.24, 2.45) is 0 Å². The summed E-state index contributed by atoms with van der Waals surface area (Å²) in [6, 6.07) is 26.3. The maximum atomic E-state index is 15.0. The van der Waals surface area contributed by atoms with E-state index in [0.717, 1.165) is 38.9 Å². The molecule has 0 aliphatic rings. The van der Waals surface area contributed by atoms with Gasteiger partial charge in [0.2, 0.25) is 7.44 Å². The van der Waals surface area contributed by atoms with Crippen molar-refractivity contribution in [1.29, 1.82) is 0 Å². The molecule has 0 aliphatic heterocycles. The Morgan fingerprint density at radius 2 is 1.22 bits per heavy atom. The molecule has 0 saturated heterocycles. The second-order valence-electron chi connectivity index (χ2n) is 13.0. The lowest BCUT2D eigenvalue weighted by Gasteiger charge is -2.29. The van der Waals surface area contributed by atoms with Crippen LogP contribution in [0.5, 0.6) is 11.5 Å². The standard InChI is InChI=1S/C41H51N2O7P/c1-7-48-40(45)37(25-31-15-11-9-12-16-31)42-51(47,43-38(41(46)49-8-2)26-32-17-13-10-14-18-32)27-50-34-21-29(5)36(30(6)22-34)24-33-19-20-39(44)35(23-33)28(3)4/h9-23,28,37-38,44H,7-8,24-27H2,1-6H3,(H2,42,43,47)/t37-,38-/m0/s1. The summed E-state index contributed by atoms with van der Waals surface area (Å²) in [6.07, 6.45) is 0.713. The fourth-order valence-electron chi connectivity index (χ4n) is 6.03. The smallest absolute Gasteiger partial charge is 0.323 e. The SMILES string of the molecule is CCOC(=O)[C@H](Cc1ccccc1)NP(=O)(COc1cc(C)c(Cc2ccc(O)c(C(C)C)c2)c(C)c1)N[C@@H](Cc1ccccc1)C(=O)OCC. The van der Waals surface area contributed by atoms with E-state index >= 15 is 4.57 Å². The fraction of sp³-hybridized carbons (Fsp3) is 0.366. The quantitative estimate of drug-likeness (QED) is 0.0701. The van der Waals surface area contributed by atoms with Crippen molar-refractivity contribution in [2.45, 2.75) is 78.8 Å². The molecular formula is C41H51N2O7P. The van der Waals surface area contributed by atoms with E-state index in [1.165, 1.54) is 0 Å². The predicted octanol–water partition coefficient (Wildman–Crippen LogP) is 7.78. The molecule has 4 rings (SSSR count). The van der Waals surface area contributed by atoms with Crippen LogP contribution in [0.3, 0.4) is 0 Å². The normalized spacial score (nSPS) is 12.7. The summed E-state index contributed by atoms with van der Waals surface area (Å²) in [7, 11) is -3.89. The molecule has 0 bridgehead atoms. The minimum absolute atomic E-state index is 0.146. The summed E-state index contributed by atoms with van der Waals surface area (Å²) in [4.78, 5) is 26.6. The Labute approximate surface area is 302 Å². The molecular weight excluding hydrogens is 663 g/mol. The van der Waals surface area contributed by atoms with Gasteiger partial charge in [0.25, 0.3) is 0 Å². The predicted molar refractivity (Wildman–Crippen MR) is 201 cm³/mol. The molecule has 0 unspecified atom stereocenters. The van der Waals surface area contributed by atoms with Crippen molar-refractivity contribution in [3.05, 3.63) is 130 Å². The number of rotatable bonds is 18. The highest BCUT2D eigenvalue weighted by Gasteiger charge is 2.36. The summed E-state index contributed by atoms with van der Waals surface area (Å²) < 4.78 is 32.1. The van der Waals surface area contributed by atoms with E-state index in [1.807, 2.05) is 98.8 Å². The number of esters is 2. The number of carbonyl (C=O) groups excluding carboxylic acids is 2. The van der Waals surface area contributed by atoms with Gasteiger partial charge in [-0.05, 0) is 110 Å². The van der Waals surface area contributed by atoms with Gasteiger partial charge in [-0.1, -0.05) is 86.6 Å². The zero-order valence-corrected chi connectivity index (χ0v) is 31.4. The maximum Gasteiger partial charge on any atom is 0.323 e. The van der Waals surface area contributed by atoms with Crippen LogP contribution in [0.2, 0.25) is 0 Å². The Balaban J connectivity index is 1.65.